The minimum atomic E-state index is -0.188. The second-order valence-electron chi connectivity index (χ2n) is 4.62. The van der Waals surface area contributed by atoms with E-state index in [9.17, 15) is 4.39 Å². The molecule has 1 aliphatic carbocycles. The van der Waals surface area contributed by atoms with Crippen LogP contribution in [0.15, 0.2) is 18.2 Å². The Morgan fingerprint density at radius 1 is 1.43 bits per heavy atom. The quantitative estimate of drug-likeness (QED) is 0.566. The molecule has 2 heteroatoms. The van der Waals surface area contributed by atoms with E-state index >= 15 is 0 Å². The van der Waals surface area contributed by atoms with Crippen LogP contribution in [0.3, 0.4) is 0 Å². The molecule has 1 atom stereocenters. The first kappa shape index (κ1) is 9.97. The number of benzene rings is 1. The number of hydrogen-bond donors (Lipinski definition) is 0. The van der Waals surface area contributed by atoms with Crippen molar-refractivity contribution >= 4 is 11.6 Å². The molecule has 0 heterocycles. The van der Waals surface area contributed by atoms with Crippen molar-refractivity contribution in [1.82, 2.24) is 0 Å². The molecule has 14 heavy (non-hydrogen) atoms. The smallest absolute Gasteiger partial charge is 0.123 e. The van der Waals surface area contributed by atoms with Crippen molar-refractivity contribution < 1.29 is 4.39 Å². The highest BCUT2D eigenvalue weighted by atomic mass is 35.5. The summed E-state index contributed by atoms with van der Waals surface area (Å²) in [5, 5.41) is -0.0197. The lowest BCUT2D eigenvalue weighted by atomic mass is 9.72. The SMILES string of the molecule is CC1(C)CCC(Cl)c2cc(F)ccc21. The topological polar surface area (TPSA) is 0 Å². The predicted octanol–water partition coefficient (Wildman–Crippen LogP) is 4.18. The molecular weight excluding hydrogens is 199 g/mol. The zero-order valence-electron chi connectivity index (χ0n) is 8.48. The summed E-state index contributed by atoms with van der Waals surface area (Å²) < 4.78 is 13.1. The van der Waals surface area contributed by atoms with Gasteiger partial charge in [-0.25, -0.2) is 4.39 Å². The van der Waals surface area contributed by atoms with Crippen LogP contribution >= 0.6 is 11.6 Å². The lowest BCUT2D eigenvalue weighted by molar-refractivity contribution is 0.424. The normalized spacial score (nSPS) is 24.4. The summed E-state index contributed by atoms with van der Waals surface area (Å²) in [7, 11) is 0. The van der Waals surface area contributed by atoms with Crippen LogP contribution in [0, 0.1) is 5.82 Å². The minimum Gasteiger partial charge on any atom is -0.207 e. The van der Waals surface area contributed by atoms with Crippen molar-refractivity contribution in [3.8, 4) is 0 Å². The average molecular weight is 213 g/mol. The number of rotatable bonds is 0. The van der Waals surface area contributed by atoms with Crippen LogP contribution in [0.1, 0.15) is 43.2 Å². The van der Waals surface area contributed by atoms with Gasteiger partial charge in [0.15, 0.2) is 0 Å². The molecular formula is C12H14ClF. The van der Waals surface area contributed by atoms with Gasteiger partial charge in [0.1, 0.15) is 5.82 Å². The van der Waals surface area contributed by atoms with E-state index in [1.54, 1.807) is 6.07 Å². The minimum absolute atomic E-state index is 0.0197. The summed E-state index contributed by atoms with van der Waals surface area (Å²) in [5.74, 6) is -0.188. The first-order chi connectivity index (χ1) is 6.50. The van der Waals surface area contributed by atoms with E-state index in [2.05, 4.69) is 13.8 Å². The molecule has 0 saturated heterocycles. The second-order valence-corrected chi connectivity index (χ2v) is 5.15. The standard InChI is InChI=1S/C12H14ClF/c1-12(2)6-5-11(13)9-7-8(14)3-4-10(9)12/h3-4,7,11H,5-6H2,1-2H3. The molecule has 0 fully saturated rings. The van der Waals surface area contributed by atoms with Crippen LogP contribution in [0.4, 0.5) is 4.39 Å². The molecule has 0 saturated carbocycles. The van der Waals surface area contributed by atoms with E-state index < -0.39 is 0 Å². The molecule has 1 aromatic carbocycles. The van der Waals surface area contributed by atoms with Gasteiger partial charge in [0, 0.05) is 0 Å². The maximum absolute atomic E-state index is 13.1. The highest BCUT2D eigenvalue weighted by Crippen LogP contribution is 2.44. The molecule has 1 aliphatic rings. The molecule has 76 valence electrons. The molecule has 0 N–H and O–H groups in total. The van der Waals surface area contributed by atoms with E-state index in [-0.39, 0.29) is 16.6 Å². The first-order valence-electron chi connectivity index (χ1n) is 4.95. The van der Waals surface area contributed by atoms with Crippen LogP contribution in [-0.4, -0.2) is 0 Å². The molecule has 0 radical (unpaired) electrons. The molecule has 0 spiro atoms. The zero-order chi connectivity index (χ0) is 10.3. The Labute approximate surface area is 89.1 Å². The Morgan fingerprint density at radius 2 is 2.14 bits per heavy atom. The molecule has 1 aromatic rings. The summed E-state index contributed by atoms with van der Waals surface area (Å²) in [6.45, 7) is 4.37. The molecule has 1 unspecified atom stereocenters. The van der Waals surface area contributed by atoms with Crippen molar-refractivity contribution in [2.24, 2.45) is 0 Å². The fourth-order valence-electron chi connectivity index (χ4n) is 2.19. The van der Waals surface area contributed by atoms with Gasteiger partial charge >= 0.3 is 0 Å². The molecule has 0 nitrogen and oxygen atoms in total. The molecule has 0 amide bonds. The molecule has 0 aromatic heterocycles. The van der Waals surface area contributed by atoms with Gasteiger partial charge in [0.2, 0.25) is 0 Å². The fourth-order valence-corrected chi connectivity index (χ4v) is 2.48. The summed E-state index contributed by atoms with van der Waals surface area (Å²) in [6.07, 6.45) is 2.00. The lowest BCUT2D eigenvalue weighted by Gasteiger charge is -2.34. The van der Waals surface area contributed by atoms with Gasteiger partial charge < -0.3 is 0 Å². The Bertz CT molecular complexity index is 357. The Hall–Kier alpha value is -0.560. The Morgan fingerprint density at radius 3 is 2.86 bits per heavy atom. The number of alkyl halides is 1. The van der Waals surface area contributed by atoms with Gasteiger partial charge in [-0.1, -0.05) is 19.9 Å². The van der Waals surface area contributed by atoms with Gasteiger partial charge in [-0.05, 0) is 41.5 Å². The van der Waals surface area contributed by atoms with Crippen LogP contribution in [0.25, 0.3) is 0 Å². The third kappa shape index (κ3) is 1.54. The summed E-state index contributed by atoms with van der Waals surface area (Å²) >= 11 is 6.18. The predicted molar refractivity (Wildman–Crippen MR) is 57.3 cm³/mol. The van der Waals surface area contributed by atoms with Crippen LogP contribution < -0.4 is 0 Å². The van der Waals surface area contributed by atoms with Crippen molar-refractivity contribution in [3.63, 3.8) is 0 Å². The lowest BCUT2D eigenvalue weighted by Crippen LogP contribution is -2.24. The van der Waals surface area contributed by atoms with Crippen LogP contribution in [-0.2, 0) is 5.41 Å². The van der Waals surface area contributed by atoms with Gasteiger partial charge in [-0.15, -0.1) is 11.6 Å². The number of fused-ring (bicyclic) bond motifs is 1. The maximum atomic E-state index is 13.1. The van der Waals surface area contributed by atoms with Crippen molar-refractivity contribution in [2.75, 3.05) is 0 Å². The first-order valence-corrected chi connectivity index (χ1v) is 5.38. The monoisotopic (exact) mass is 212 g/mol. The van der Waals surface area contributed by atoms with E-state index in [1.165, 1.54) is 11.6 Å². The highest BCUT2D eigenvalue weighted by Gasteiger charge is 2.31. The molecule has 0 bridgehead atoms. The number of halogens is 2. The second kappa shape index (κ2) is 3.23. The average Bonchev–Trinajstić information content (AvgIpc) is 2.12. The van der Waals surface area contributed by atoms with Crippen molar-refractivity contribution in [2.45, 2.75) is 37.5 Å². The van der Waals surface area contributed by atoms with Gasteiger partial charge in [0.05, 0.1) is 5.38 Å². The largest absolute Gasteiger partial charge is 0.207 e. The van der Waals surface area contributed by atoms with Crippen molar-refractivity contribution in [3.05, 3.63) is 35.1 Å². The highest BCUT2D eigenvalue weighted by molar-refractivity contribution is 6.21. The zero-order valence-corrected chi connectivity index (χ0v) is 9.24. The van der Waals surface area contributed by atoms with Gasteiger partial charge in [-0.2, -0.15) is 0 Å². The fraction of sp³-hybridized carbons (Fsp3) is 0.500. The van der Waals surface area contributed by atoms with E-state index in [4.69, 9.17) is 11.6 Å². The third-order valence-electron chi connectivity index (χ3n) is 3.10. The van der Waals surface area contributed by atoms with E-state index in [0.717, 1.165) is 18.4 Å². The molecule has 2 rings (SSSR count). The van der Waals surface area contributed by atoms with Crippen LogP contribution in [0.5, 0.6) is 0 Å². The van der Waals surface area contributed by atoms with Crippen molar-refractivity contribution in [1.29, 1.82) is 0 Å². The van der Waals surface area contributed by atoms with Gasteiger partial charge in [-0.3, -0.25) is 0 Å². The number of hydrogen-bond acceptors (Lipinski definition) is 0. The Kier molecular flexibility index (Phi) is 2.30. The van der Waals surface area contributed by atoms with E-state index in [1.807, 2.05) is 6.07 Å². The Balaban J connectivity index is 2.57. The summed E-state index contributed by atoms with van der Waals surface area (Å²) in [5.41, 5.74) is 2.31. The maximum Gasteiger partial charge on any atom is 0.123 e. The summed E-state index contributed by atoms with van der Waals surface area (Å²) in [6, 6.07) is 4.97. The van der Waals surface area contributed by atoms with Crippen LogP contribution in [0.2, 0.25) is 0 Å². The molecule has 0 aliphatic heterocycles. The van der Waals surface area contributed by atoms with Gasteiger partial charge in [0.25, 0.3) is 0 Å². The summed E-state index contributed by atoms with van der Waals surface area (Å²) in [4.78, 5) is 0. The van der Waals surface area contributed by atoms with E-state index in [0.29, 0.717) is 0 Å². The third-order valence-corrected chi connectivity index (χ3v) is 3.56.